The molecule has 134 valence electrons. The van der Waals surface area contributed by atoms with Gasteiger partial charge in [-0.2, -0.15) is 0 Å². The van der Waals surface area contributed by atoms with Crippen molar-refractivity contribution in [1.82, 2.24) is 15.6 Å². The van der Waals surface area contributed by atoms with Crippen molar-refractivity contribution in [3.05, 3.63) is 16.1 Å². The van der Waals surface area contributed by atoms with Gasteiger partial charge in [0.05, 0.1) is 30.5 Å². The van der Waals surface area contributed by atoms with Crippen molar-refractivity contribution in [2.45, 2.75) is 33.2 Å². The summed E-state index contributed by atoms with van der Waals surface area (Å²) in [5, 5.41) is 9.79. The maximum absolute atomic E-state index is 5.43. The van der Waals surface area contributed by atoms with Gasteiger partial charge in [-0.25, -0.2) is 9.98 Å². The number of halogens is 1. The van der Waals surface area contributed by atoms with Crippen LogP contribution in [0.1, 0.15) is 31.0 Å². The van der Waals surface area contributed by atoms with Crippen LogP contribution in [0.5, 0.6) is 0 Å². The zero-order valence-corrected chi connectivity index (χ0v) is 17.4. The molecule has 0 aromatic carbocycles. The number of hydrogen-bond donors (Lipinski definition) is 2. The number of hydrogen-bond acceptors (Lipinski definition) is 5. The Bertz CT molecular complexity index is 429. The van der Waals surface area contributed by atoms with Gasteiger partial charge in [0, 0.05) is 32.2 Å². The largest absolute Gasteiger partial charge is 0.382 e. The van der Waals surface area contributed by atoms with Crippen molar-refractivity contribution in [3.63, 3.8) is 0 Å². The normalized spacial score (nSPS) is 11.2. The van der Waals surface area contributed by atoms with E-state index in [0.29, 0.717) is 19.8 Å². The number of thiazole rings is 1. The van der Waals surface area contributed by atoms with Crippen LogP contribution < -0.4 is 10.6 Å². The van der Waals surface area contributed by atoms with Crippen LogP contribution in [0.4, 0.5) is 0 Å². The molecule has 1 rings (SSSR count). The average Bonchev–Trinajstić information content (AvgIpc) is 2.99. The first kappa shape index (κ1) is 22.6. The molecule has 0 amide bonds. The predicted molar refractivity (Wildman–Crippen MR) is 107 cm³/mol. The number of methoxy groups -OCH3 is 1. The first-order valence-electron chi connectivity index (χ1n) is 7.82. The molecule has 0 atom stereocenters. The van der Waals surface area contributed by atoms with E-state index in [1.807, 2.05) is 0 Å². The third-order valence-corrected chi connectivity index (χ3v) is 3.88. The van der Waals surface area contributed by atoms with Crippen molar-refractivity contribution in [2.24, 2.45) is 4.99 Å². The molecule has 23 heavy (non-hydrogen) atoms. The quantitative estimate of drug-likeness (QED) is 0.232. The highest BCUT2D eigenvalue weighted by Gasteiger charge is 2.01. The smallest absolute Gasteiger partial charge is 0.191 e. The van der Waals surface area contributed by atoms with E-state index in [1.54, 1.807) is 18.4 Å². The van der Waals surface area contributed by atoms with Crippen LogP contribution >= 0.6 is 35.3 Å². The van der Waals surface area contributed by atoms with Crippen LogP contribution in [0.2, 0.25) is 0 Å². The van der Waals surface area contributed by atoms with Gasteiger partial charge in [0.25, 0.3) is 0 Å². The Labute approximate surface area is 160 Å². The molecule has 0 radical (unpaired) electrons. The Morgan fingerprint density at radius 3 is 2.74 bits per heavy atom. The van der Waals surface area contributed by atoms with Crippen LogP contribution in [0.15, 0.2) is 10.4 Å². The van der Waals surface area contributed by atoms with E-state index in [-0.39, 0.29) is 24.0 Å². The van der Waals surface area contributed by atoms with Gasteiger partial charge in [-0.05, 0) is 19.8 Å². The number of aryl methyl sites for hydroxylation is 1. The van der Waals surface area contributed by atoms with Crippen molar-refractivity contribution in [1.29, 1.82) is 0 Å². The molecule has 1 aromatic rings. The number of guanidine groups is 1. The molecule has 0 saturated carbocycles. The summed E-state index contributed by atoms with van der Waals surface area (Å²) in [6, 6.07) is 0. The Kier molecular flexibility index (Phi) is 14.8. The maximum Gasteiger partial charge on any atom is 0.191 e. The van der Waals surface area contributed by atoms with Gasteiger partial charge in [0.2, 0.25) is 0 Å². The second-order valence-corrected chi connectivity index (χ2v) is 5.61. The molecule has 0 aliphatic carbocycles. The minimum absolute atomic E-state index is 0. The van der Waals surface area contributed by atoms with Crippen molar-refractivity contribution < 1.29 is 9.47 Å². The lowest BCUT2D eigenvalue weighted by molar-refractivity contribution is 0.0698. The topological polar surface area (TPSA) is 67.8 Å². The van der Waals surface area contributed by atoms with Crippen molar-refractivity contribution in [2.75, 3.05) is 40.0 Å². The Hall–Kier alpha value is -0.450. The second kappa shape index (κ2) is 15.1. The fourth-order valence-corrected chi connectivity index (χ4v) is 2.45. The minimum atomic E-state index is 0. The van der Waals surface area contributed by atoms with E-state index >= 15 is 0 Å². The second-order valence-electron chi connectivity index (χ2n) is 4.67. The number of aliphatic imine (C=N–C) groups is 1. The summed E-state index contributed by atoms with van der Waals surface area (Å²) in [6.07, 6.45) is 1.92. The van der Waals surface area contributed by atoms with E-state index in [4.69, 9.17) is 9.47 Å². The molecule has 0 unspecified atom stereocenters. The Morgan fingerprint density at radius 1 is 1.26 bits per heavy atom. The Balaban J connectivity index is 0.00000484. The zero-order valence-electron chi connectivity index (χ0n) is 14.3. The fourth-order valence-electron chi connectivity index (χ4n) is 1.71. The van der Waals surface area contributed by atoms with Gasteiger partial charge >= 0.3 is 0 Å². The van der Waals surface area contributed by atoms with Gasteiger partial charge < -0.3 is 20.1 Å². The molecule has 2 N–H and O–H groups in total. The summed E-state index contributed by atoms with van der Waals surface area (Å²) in [4.78, 5) is 9.08. The van der Waals surface area contributed by atoms with E-state index in [0.717, 1.165) is 49.2 Å². The van der Waals surface area contributed by atoms with Gasteiger partial charge in [0.1, 0.15) is 0 Å². The van der Waals surface area contributed by atoms with Crippen LogP contribution in [-0.4, -0.2) is 51.0 Å². The molecule has 1 heterocycles. The zero-order chi connectivity index (χ0) is 16.0. The highest BCUT2D eigenvalue weighted by atomic mass is 127. The van der Waals surface area contributed by atoms with Crippen LogP contribution in [0.25, 0.3) is 0 Å². The lowest BCUT2D eigenvalue weighted by Gasteiger charge is -2.11. The van der Waals surface area contributed by atoms with Crippen LogP contribution in [-0.2, 0) is 22.4 Å². The molecular formula is C15H29IN4O2S. The molecule has 0 saturated heterocycles. The van der Waals surface area contributed by atoms with E-state index < -0.39 is 0 Å². The molecule has 0 aliphatic rings. The minimum Gasteiger partial charge on any atom is -0.382 e. The molecule has 6 nitrogen and oxygen atoms in total. The predicted octanol–water partition coefficient (Wildman–Crippen LogP) is 2.43. The summed E-state index contributed by atoms with van der Waals surface area (Å²) in [5.74, 6) is 0.824. The van der Waals surface area contributed by atoms with Crippen molar-refractivity contribution >= 4 is 41.3 Å². The summed E-state index contributed by atoms with van der Waals surface area (Å²) in [6.45, 7) is 8.47. The van der Waals surface area contributed by atoms with Gasteiger partial charge in [0.15, 0.2) is 5.96 Å². The van der Waals surface area contributed by atoms with Gasteiger partial charge in [-0.1, -0.05) is 6.92 Å². The average molecular weight is 456 g/mol. The molecule has 0 bridgehead atoms. The van der Waals surface area contributed by atoms with Crippen molar-refractivity contribution in [3.8, 4) is 0 Å². The van der Waals surface area contributed by atoms with Crippen LogP contribution in [0.3, 0.4) is 0 Å². The van der Waals surface area contributed by atoms with Gasteiger partial charge in [-0.3, -0.25) is 0 Å². The summed E-state index contributed by atoms with van der Waals surface area (Å²) in [5.41, 5.74) is 1.03. The Morgan fingerprint density at radius 2 is 2.09 bits per heavy atom. The third kappa shape index (κ3) is 10.9. The molecule has 0 spiro atoms. The number of aromatic nitrogens is 1. The monoisotopic (exact) mass is 456 g/mol. The number of ether oxygens (including phenoxy) is 2. The first-order chi connectivity index (χ1) is 10.8. The number of nitrogens with zero attached hydrogens (tertiary/aromatic N) is 2. The van der Waals surface area contributed by atoms with E-state index in [2.05, 4.69) is 39.8 Å². The van der Waals surface area contributed by atoms with Gasteiger partial charge in [-0.15, -0.1) is 35.3 Å². The highest BCUT2D eigenvalue weighted by Crippen LogP contribution is 2.10. The SMILES string of the molecule is CCNC(=NCc1csc(CC)n1)NCCCOCCOC.I. The fraction of sp³-hybridized carbons (Fsp3) is 0.733. The maximum atomic E-state index is 5.43. The van der Waals surface area contributed by atoms with E-state index in [1.165, 1.54) is 0 Å². The lowest BCUT2D eigenvalue weighted by atomic mass is 10.4. The van der Waals surface area contributed by atoms with E-state index in [9.17, 15) is 0 Å². The molecule has 0 fully saturated rings. The standard InChI is InChI=1S/C15H28N4O2S.HI/c1-4-14-19-13(12-22-14)11-18-15(16-5-2)17-7-6-8-21-10-9-20-3;/h12H,4-11H2,1-3H3,(H2,16,17,18);1H. The molecule has 0 aliphatic heterocycles. The summed E-state index contributed by atoms with van der Waals surface area (Å²) >= 11 is 1.70. The lowest BCUT2D eigenvalue weighted by Crippen LogP contribution is -2.38. The molecule has 1 aromatic heterocycles. The van der Waals surface area contributed by atoms with Crippen LogP contribution in [0, 0.1) is 0 Å². The molecule has 8 heteroatoms. The number of rotatable bonds is 11. The highest BCUT2D eigenvalue weighted by molar-refractivity contribution is 14.0. The molecular weight excluding hydrogens is 427 g/mol. The first-order valence-corrected chi connectivity index (χ1v) is 8.70. The summed E-state index contributed by atoms with van der Waals surface area (Å²) in [7, 11) is 1.68. The summed E-state index contributed by atoms with van der Waals surface area (Å²) < 4.78 is 10.4. The number of nitrogens with one attached hydrogen (secondary N) is 2. The third-order valence-electron chi connectivity index (χ3n) is 2.83.